The molecule has 0 atom stereocenters. The zero-order valence-electron chi connectivity index (χ0n) is 13.9. The highest BCUT2D eigenvalue weighted by Crippen LogP contribution is 2.22. The molecular weight excluding hydrogens is 272 g/mol. The third-order valence-electron chi connectivity index (χ3n) is 4.72. The number of aromatic nitrogens is 2. The van der Waals surface area contributed by atoms with E-state index in [0.717, 1.165) is 32.7 Å². The summed E-state index contributed by atoms with van der Waals surface area (Å²) in [4.78, 5) is 2.65. The minimum atomic E-state index is 0.701. The third-order valence-corrected chi connectivity index (χ3v) is 4.72. The predicted octanol–water partition coefficient (Wildman–Crippen LogP) is 3.02. The molecule has 0 unspecified atom stereocenters. The van der Waals surface area contributed by atoms with Gasteiger partial charge in [0.05, 0.1) is 11.2 Å². The summed E-state index contributed by atoms with van der Waals surface area (Å²) in [6.45, 7) is 9.81. The maximum Gasteiger partial charge on any atom is 0.0843 e. The highest BCUT2D eigenvalue weighted by molar-refractivity contribution is 5.81. The molecule has 1 aliphatic heterocycles. The molecule has 0 aliphatic carbocycles. The largest absolute Gasteiger partial charge is 0.317 e. The molecule has 0 spiro atoms. The highest BCUT2D eigenvalue weighted by atomic mass is 15.3. The van der Waals surface area contributed by atoms with Crippen molar-refractivity contribution in [1.29, 1.82) is 0 Å². The molecule has 0 saturated carbocycles. The summed E-state index contributed by atoms with van der Waals surface area (Å²) in [5.41, 5.74) is 2.51. The lowest BCUT2D eigenvalue weighted by molar-refractivity contribution is 0.152. The SMILES string of the molecule is CCCN(Cc1nn(CC)c2ccccc12)C1CCNCC1. The van der Waals surface area contributed by atoms with Crippen molar-refractivity contribution in [2.75, 3.05) is 19.6 Å². The number of para-hydroxylation sites is 1. The van der Waals surface area contributed by atoms with Gasteiger partial charge in [0.25, 0.3) is 0 Å². The third kappa shape index (κ3) is 3.18. The number of piperidine rings is 1. The fourth-order valence-electron chi connectivity index (χ4n) is 3.60. The average Bonchev–Trinajstić information content (AvgIpc) is 2.93. The first-order chi connectivity index (χ1) is 10.8. The van der Waals surface area contributed by atoms with Gasteiger partial charge in [-0.1, -0.05) is 25.1 Å². The molecule has 1 fully saturated rings. The summed E-state index contributed by atoms with van der Waals surface area (Å²) in [5.74, 6) is 0. The van der Waals surface area contributed by atoms with Gasteiger partial charge in [0.1, 0.15) is 0 Å². The molecule has 1 saturated heterocycles. The summed E-state index contributed by atoms with van der Waals surface area (Å²) < 4.78 is 2.14. The van der Waals surface area contributed by atoms with Crippen LogP contribution in [0.5, 0.6) is 0 Å². The zero-order valence-corrected chi connectivity index (χ0v) is 13.9. The Morgan fingerprint density at radius 2 is 2.00 bits per heavy atom. The van der Waals surface area contributed by atoms with Crippen LogP contribution in [0.1, 0.15) is 38.8 Å². The number of fused-ring (bicyclic) bond motifs is 1. The molecule has 1 aliphatic rings. The number of nitrogens with one attached hydrogen (secondary N) is 1. The quantitative estimate of drug-likeness (QED) is 0.890. The maximum absolute atomic E-state index is 4.88. The van der Waals surface area contributed by atoms with Crippen LogP contribution in [-0.4, -0.2) is 40.4 Å². The second-order valence-electron chi connectivity index (χ2n) is 6.23. The van der Waals surface area contributed by atoms with Gasteiger partial charge < -0.3 is 5.32 Å². The van der Waals surface area contributed by atoms with Crippen molar-refractivity contribution in [3.63, 3.8) is 0 Å². The summed E-state index contributed by atoms with van der Waals surface area (Å²) in [6.07, 6.45) is 3.72. The Morgan fingerprint density at radius 1 is 1.23 bits per heavy atom. The number of benzene rings is 1. The second-order valence-corrected chi connectivity index (χ2v) is 6.23. The molecule has 22 heavy (non-hydrogen) atoms. The first kappa shape index (κ1) is 15.5. The second kappa shape index (κ2) is 7.25. The van der Waals surface area contributed by atoms with Crippen LogP contribution in [0.2, 0.25) is 0 Å². The van der Waals surface area contributed by atoms with Crippen LogP contribution in [0.25, 0.3) is 10.9 Å². The van der Waals surface area contributed by atoms with E-state index in [2.05, 4.69) is 53.0 Å². The molecule has 2 heterocycles. The van der Waals surface area contributed by atoms with Gasteiger partial charge in [-0.25, -0.2) is 0 Å². The van der Waals surface area contributed by atoms with Crippen LogP contribution < -0.4 is 5.32 Å². The lowest BCUT2D eigenvalue weighted by Crippen LogP contribution is -2.43. The Labute approximate surface area is 133 Å². The van der Waals surface area contributed by atoms with Gasteiger partial charge in [0.2, 0.25) is 0 Å². The standard InChI is InChI=1S/C18H28N4/c1-3-13-21(15-9-11-19-12-10-15)14-17-16-7-5-6-8-18(16)22(4-2)20-17/h5-8,15,19H,3-4,9-14H2,1-2H3. The number of nitrogens with zero attached hydrogens (tertiary/aromatic N) is 3. The normalized spacial score (nSPS) is 16.7. The fourth-order valence-corrected chi connectivity index (χ4v) is 3.60. The fraction of sp³-hybridized carbons (Fsp3) is 0.611. The van der Waals surface area contributed by atoms with Crippen LogP contribution in [0.15, 0.2) is 24.3 Å². The van der Waals surface area contributed by atoms with Crippen LogP contribution in [0, 0.1) is 0 Å². The van der Waals surface area contributed by atoms with Gasteiger partial charge in [-0.2, -0.15) is 5.10 Å². The number of rotatable bonds is 6. The number of aryl methyl sites for hydroxylation is 1. The Kier molecular flexibility index (Phi) is 5.11. The summed E-state index contributed by atoms with van der Waals surface area (Å²) in [5, 5.41) is 9.67. The average molecular weight is 300 g/mol. The van der Waals surface area contributed by atoms with E-state index in [1.807, 2.05) is 0 Å². The molecular formula is C18H28N4. The van der Waals surface area contributed by atoms with Crippen LogP contribution >= 0.6 is 0 Å². The van der Waals surface area contributed by atoms with E-state index in [-0.39, 0.29) is 0 Å². The first-order valence-corrected chi connectivity index (χ1v) is 8.72. The predicted molar refractivity (Wildman–Crippen MR) is 92.0 cm³/mol. The lowest BCUT2D eigenvalue weighted by atomic mass is 10.0. The zero-order chi connectivity index (χ0) is 15.4. The molecule has 4 nitrogen and oxygen atoms in total. The van der Waals surface area contributed by atoms with E-state index in [4.69, 9.17) is 5.10 Å². The van der Waals surface area contributed by atoms with Crippen molar-refractivity contribution in [2.45, 2.75) is 52.2 Å². The molecule has 4 heteroatoms. The van der Waals surface area contributed by atoms with E-state index in [9.17, 15) is 0 Å². The van der Waals surface area contributed by atoms with Crippen molar-refractivity contribution >= 4 is 10.9 Å². The van der Waals surface area contributed by atoms with E-state index < -0.39 is 0 Å². The Bertz CT molecular complexity index is 598. The Morgan fingerprint density at radius 3 is 2.73 bits per heavy atom. The smallest absolute Gasteiger partial charge is 0.0843 e. The van der Waals surface area contributed by atoms with Gasteiger partial charge in [-0.3, -0.25) is 9.58 Å². The van der Waals surface area contributed by atoms with Gasteiger partial charge in [0.15, 0.2) is 0 Å². The highest BCUT2D eigenvalue weighted by Gasteiger charge is 2.22. The van der Waals surface area contributed by atoms with Crippen molar-refractivity contribution in [3.8, 4) is 0 Å². The van der Waals surface area contributed by atoms with Gasteiger partial charge >= 0.3 is 0 Å². The minimum Gasteiger partial charge on any atom is -0.317 e. The molecule has 1 aromatic carbocycles. The van der Waals surface area contributed by atoms with E-state index >= 15 is 0 Å². The van der Waals surface area contributed by atoms with Crippen LogP contribution in [0.3, 0.4) is 0 Å². The molecule has 1 aromatic heterocycles. The van der Waals surface area contributed by atoms with Crippen molar-refractivity contribution < 1.29 is 0 Å². The van der Waals surface area contributed by atoms with Crippen molar-refractivity contribution in [2.24, 2.45) is 0 Å². The van der Waals surface area contributed by atoms with E-state index in [1.165, 1.54) is 35.9 Å². The van der Waals surface area contributed by atoms with Gasteiger partial charge in [-0.05, 0) is 51.9 Å². The molecule has 0 bridgehead atoms. The van der Waals surface area contributed by atoms with Crippen molar-refractivity contribution in [3.05, 3.63) is 30.0 Å². The number of hydrogen-bond acceptors (Lipinski definition) is 3. The molecule has 0 amide bonds. The number of hydrogen-bond donors (Lipinski definition) is 1. The van der Waals surface area contributed by atoms with Gasteiger partial charge in [0, 0.05) is 24.5 Å². The first-order valence-electron chi connectivity index (χ1n) is 8.72. The van der Waals surface area contributed by atoms with Crippen LogP contribution in [-0.2, 0) is 13.1 Å². The molecule has 120 valence electrons. The Balaban J connectivity index is 1.85. The van der Waals surface area contributed by atoms with E-state index in [1.54, 1.807) is 0 Å². The minimum absolute atomic E-state index is 0.701. The monoisotopic (exact) mass is 300 g/mol. The maximum atomic E-state index is 4.88. The topological polar surface area (TPSA) is 33.1 Å². The van der Waals surface area contributed by atoms with E-state index in [0.29, 0.717) is 6.04 Å². The molecule has 0 radical (unpaired) electrons. The Hall–Kier alpha value is -1.39. The molecule has 3 rings (SSSR count). The lowest BCUT2D eigenvalue weighted by Gasteiger charge is -2.34. The summed E-state index contributed by atoms with van der Waals surface area (Å²) >= 11 is 0. The molecule has 2 aromatic rings. The van der Waals surface area contributed by atoms with Crippen molar-refractivity contribution in [1.82, 2.24) is 20.0 Å². The summed E-state index contributed by atoms with van der Waals surface area (Å²) in [6, 6.07) is 9.34. The molecule has 1 N–H and O–H groups in total. The summed E-state index contributed by atoms with van der Waals surface area (Å²) in [7, 11) is 0. The van der Waals surface area contributed by atoms with Crippen LogP contribution in [0.4, 0.5) is 0 Å². The van der Waals surface area contributed by atoms with Gasteiger partial charge in [-0.15, -0.1) is 0 Å².